The van der Waals surface area contributed by atoms with Crippen molar-refractivity contribution in [2.75, 3.05) is 24.7 Å². The Morgan fingerprint density at radius 3 is 1.18 bits per heavy atom. The molecule has 0 bridgehead atoms. The van der Waals surface area contributed by atoms with Crippen LogP contribution in [-0.4, -0.2) is 69.3 Å². The number of allylic oxidation sites excluding steroid dienone is 4. The van der Waals surface area contributed by atoms with Gasteiger partial charge in [0.2, 0.25) is 0 Å². The van der Waals surface area contributed by atoms with E-state index in [4.69, 9.17) is 9.47 Å². The van der Waals surface area contributed by atoms with E-state index in [2.05, 4.69) is 48.3 Å². The maximum atomic E-state index is 12.1. The van der Waals surface area contributed by atoms with E-state index in [0.717, 1.165) is 51.4 Å². The van der Waals surface area contributed by atoms with Crippen molar-refractivity contribution in [3.63, 3.8) is 0 Å². The Bertz CT molecular complexity index is 1010. The Morgan fingerprint density at radius 2 is 0.836 bits per heavy atom. The lowest BCUT2D eigenvalue weighted by molar-refractivity contribution is -0.147. The molecule has 2 unspecified atom stereocenters. The Kier molecular flexibility index (Phi) is 37.0. The first-order valence-corrected chi connectivity index (χ1v) is 24.8. The Labute approximate surface area is 348 Å². The molecule has 0 aromatic carbocycles. The van der Waals surface area contributed by atoms with Gasteiger partial charge in [-0.05, 0) is 64.2 Å². The van der Waals surface area contributed by atoms with E-state index in [0.29, 0.717) is 33.0 Å². The van der Waals surface area contributed by atoms with Gasteiger partial charge in [0.25, 0.3) is 0 Å². The molecule has 2 atom stereocenters. The van der Waals surface area contributed by atoms with E-state index in [1.165, 1.54) is 150 Å². The zero-order valence-corrected chi connectivity index (χ0v) is 37.2. The van der Waals surface area contributed by atoms with Crippen LogP contribution in [0.15, 0.2) is 33.0 Å². The molecule has 0 saturated carbocycles. The van der Waals surface area contributed by atoms with Gasteiger partial charge in [-0.3, -0.25) is 9.59 Å². The standard InChI is InChI=1S/C44H78N2O6S3/c1-3-5-7-9-11-13-15-17-19-21-23-25-27-29-31-33-41(49)51-35-39(47)37-53-43-45-46-44(55-43)54-38-40(48)36-52-42(50)34-32-30-28-26-24-22-20-18-16-14-12-10-8-6-4-2/h17-20,39-40,47-48H,3-16,21-38H2,1-2H3. The van der Waals surface area contributed by atoms with Gasteiger partial charge in [-0.1, -0.05) is 176 Å². The second-order valence-corrected chi connectivity index (χ2v) is 18.3. The molecule has 1 rings (SSSR count). The molecule has 8 nitrogen and oxygen atoms in total. The molecule has 1 aromatic heterocycles. The average Bonchev–Trinajstić information content (AvgIpc) is 3.65. The van der Waals surface area contributed by atoms with Crippen molar-refractivity contribution in [3.8, 4) is 0 Å². The van der Waals surface area contributed by atoms with Gasteiger partial charge in [0, 0.05) is 24.3 Å². The van der Waals surface area contributed by atoms with E-state index in [1.54, 1.807) is 0 Å². The maximum Gasteiger partial charge on any atom is 0.305 e. The van der Waals surface area contributed by atoms with Crippen LogP contribution in [0.5, 0.6) is 0 Å². The normalized spacial score (nSPS) is 12.9. The Hall–Kier alpha value is -1.40. The lowest BCUT2D eigenvalue weighted by Gasteiger charge is -2.10. The predicted molar refractivity (Wildman–Crippen MR) is 234 cm³/mol. The van der Waals surface area contributed by atoms with Crippen LogP contribution in [0.4, 0.5) is 0 Å². The summed E-state index contributed by atoms with van der Waals surface area (Å²) < 4.78 is 11.9. The van der Waals surface area contributed by atoms with Crippen molar-refractivity contribution in [1.29, 1.82) is 0 Å². The molecular formula is C44H78N2O6S3. The maximum absolute atomic E-state index is 12.1. The summed E-state index contributed by atoms with van der Waals surface area (Å²) in [7, 11) is 0. The lowest BCUT2D eigenvalue weighted by atomic mass is 10.1. The van der Waals surface area contributed by atoms with Gasteiger partial charge in [0.05, 0.1) is 12.2 Å². The second kappa shape index (κ2) is 39.4. The minimum Gasteiger partial charge on any atom is -0.463 e. The van der Waals surface area contributed by atoms with Crippen molar-refractivity contribution in [2.24, 2.45) is 0 Å². The minimum absolute atomic E-state index is 0.0283. The van der Waals surface area contributed by atoms with E-state index in [1.807, 2.05) is 0 Å². The predicted octanol–water partition coefficient (Wildman–Crippen LogP) is 12.6. The number of aromatic nitrogens is 2. The molecule has 2 N–H and O–H groups in total. The fraction of sp³-hybridized carbons (Fsp3) is 0.818. The molecule has 0 amide bonds. The first-order chi connectivity index (χ1) is 26.9. The third-order valence-electron chi connectivity index (χ3n) is 9.35. The molecular weight excluding hydrogens is 749 g/mol. The molecule has 0 spiro atoms. The molecule has 0 aliphatic carbocycles. The fourth-order valence-electron chi connectivity index (χ4n) is 5.95. The topological polar surface area (TPSA) is 119 Å². The quantitative estimate of drug-likeness (QED) is 0.0286. The number of aliphatic hydroxyl groups excluding tert-OH is 2. The van der Waals surface area contributed by atoms with Gasteiger partial charge in [-0.15, -0.1) is 10.2 Å². The summed E-state index contributed by atoms with van der Waals surface area (Å²) in [5.41, 5.74) is 0. The van der Waals surface area contributed by atoms with E-state index in [-0.39, 0.29) is 25.2 Å². The number of ether oxygens (including phenoxy) is 2. The van der Waals surface area contributed by atoms with E-state index in [9.17, 15) is 19.8 Å². The number of nitrogens with zero attached hydrogens (tertiary/aromatic N) is 2. The van der Waals surface area contributed by atoms with Crippen LogP contribution in [0.1, 0.15) is 194 Å². The summed E-state index contributed by atoms with van der Waals surface area (Å²) in [6.45, 7) is 4.46. The molecule has 0 saturated heterocycles. The van der Waals surface area contributed by atoms with Crippen LogP contribution in [-0.2, 0) is 19.1 Å². The van der Waals surface area contributed by atoms with Crippen molar-refractivity contribution in [1.82, 2.24) is 10.2 Å². The van der Waals surface area contributed by atoms with Crippen molar-refractivity contribution < 1.29 is 29.3 Å². The molecule has 55 heavy (non-hydrogen) atoms. The van der Waals surface area contributed by atoms with Gasteiger partial charge in [-0.25, -0.2) is 0 Å². The minimum atomic E-state index is -0.786. The molecule has 0 aliphatic rings. The van der Waals surface area contributed by atoms with Crippen LogP contribution in [0, 0.1) is 0 Å². The number of carbonyl (C=O) groups excluding carboxylic acids is 2. The summed E-state index contributed by atoms with van der Waals surface area (Å²) in [6.07, 6.45) is 40.1. The Morgan fingerprint density at radius 1 is 0.527 bits per heavy atom. The molecule has 0 aliphatic heterocycles. The summed E-state index contributed by atoms with van der Waals surface area (Å²) in [4.78, 5) is 24.2. The fourth-order valence-corrected chi connectivity index (χ4v) is 8.83. The zero-order valence-electron chi connectivity index (χ0n) is 34.7. The third-order valence-corrected chi connectivity index (χ3v) is 12.8. The second-order valence-electron chi connectivity index (χ2n) is 14.8. The van der Waals surface area contributed by atoms with Gasteiger partial charge in [-0.2, -0.15) is 0 Å². The Balaban J connectivity index is 1.97. The van der Waals surface area contributed by atoms with Crippen molar-refractivity contribution in [2.45, 2.75) is 215 Å². The number of aliphatic hydroxyl groups is 2. The number of esters is 2. The smallest absolute Gasteiger partial charge is 0.305 e. The summed E-state index contributed by atoms with van der Waals surface area (Å²) in [6, 6.07) is 0. The monoisotopic (exact) mass is 827 g/mol. The SMILES string of the molecule is CCCCCCCCC=CCCCCCCCC(=O)OCC(O)CSc1nnc(SCC(O)COC(=O)CCCCCCCC=CCCCCCCCC)s1. The zero-order chi connectivity index (χ0) is 39.9. The highest BCUT2D eigenvalue weighted by atomic mass is 32.2. The van der Waals surface area contributed by atoms with Gasteiger partial charge < -0.3 is 19.7 Å². The highest BCUT2D eigenvalue weighted by Crippen LogP contribution is 2.29. The average molecular weight is 827 g/mol. The van der Waals surface area contributed by atoms with Crippen LogP contribution >= 0.6 is 34.9 Å². The number of hydrogen-bond acceptors (Lipinski definition) is 11. The number of rotatable bonds is 40. The van der Waals surface area contributed by atoms with Gasteiger partial charge in [0.15, 0.2) is 8.68 Å². The largest absolute Gasteiger partial charge is 0.463 e. The van der Waals surface area contributed by atoms with E-state index >= 15 is 0 Å². The molecule has 0 radical (unpaired) electrons. The summed E-state index contributed by atoms with van der Waals surface area (Å²) in [5, 5.41) is 28.9. The molecule has 1 aromatic rings. The molecule has 11 heteroatoms. The summed E-state index contributed by atoms with van der Waals surface area (Å²) in [5.74, 6) is 0.164. The van der Waals surface area contributed by atoms with Gasteiger partial charge >= 0.3 is 11.9 Å². The van der Waals surface area contributed by atoms with Crippen molar-refractivity contribution >= 4 is 46.8 Å². The highest BCUT2D eigenvalue weighted by Gasteiger charge is 2.14. The van der Waals surface area contributed by atoms with Crippen LogP contribution in [0.3, 0.4) is 0 Å². The van der Waals surface area contributed by atoms with E-state index < -0.39 is 12.2 Å². The number of unbranched alkanes of at least 4 members (excludes halogenated alkanes) is 22. The van der Waals surface area contributed by atoms with Crippen LogP contribution in [0.25, 0.3) is 0 Å². The molecule has 1 heterocycles. The van der Waals surface area contributed by atoms with Crippen LogP contribution in [0.2, 0.25) is 0 Å². The van der Waals surface area contributed by atoms with Crippen LogP contribution < -0.4 is 0 Å². The van der Waals surface area contributed by atoms with Crippen molar-refractivity contribution in [3.05, 3.63) is 24.3 Å². The number of hydrogen-bond donors (Lipinski definition) is 2. The molecule has 0 fully saturated rings. The molecule has 318 valence electrons. The lowest BCUT2D eigenvalue weighted by Crippen LogP contribution is -2.20. The first-order valence-electron chi connectivity index (χ1n) is 22.0. The first kappa shape index (κ1) is 51.6. The third kappa shape index (κ3) is 35.5. The highest BCUT2D eigenvalue weighted by molar-refractivity contribution is 8.03. The number of thioether (sulfide) groups is 2. The number of carbonyl (C=O) groups is 2. The van der Waals surface area contributed by atoms with Gasteiger partial charge in [0.1, 0.15) is 13.2 Å². The summed E-state index contributed by atoms with van der Waals surface area (Å²) >= 11 is 4.10.